The van der Waals surface area contributed by atoms with Gasteiger partial charge < -0.3 is 19.2 Å². The normalized spacial score (nSPS) is 19.3. The molecule has 5 nitrogen and oxygen atoms in total. The van der Waals surface area contributed by atoms with E-state index >= 15 is 0 Å². The molecular formula is C24H25F3NO4+. The van der Waals surface area contributed by atoms with E-state index in [1.165, 1.54) is 37.4 Å². The van der Waals surface area contributed by atoms with Crippen molar-refractivity contribution in [2.24, 2.45) is 0 Å². The maximum Gasteiger partial charge on any atom is 0.450 e. The fourth-order valence-electron chi connectivity index (χ4n) is 4.51. The summed E-state index contributed by atoms with van der Waals surface area (Å²) in [5.74, 6) is -1.44. The van der Waals surface area contributed by atoms with E-state index < -0.39 is 22.9 Å². The minimum absolute atomic E-state index is 0.00266. The first kappa shape index (κ1) is 22.2. The van der Waals surface area contributed by atoms with E-state index in [4.69, 9.17) is 9.15 Å². The molecule has 32 heavy (non-hydrogen) atoms. The molecule has 2 N–H and O–H groups in total. The molecule has 1 unspecified atom stereocenters. The third-order valence-corrected chi connectivity index (χ3v) is 6.26. The Morgan fingerprint density at radius 2 is 1.94 bits per heavy atom. The molecule has 2 heterocycles. The number of ether oxygens (including phenoxy) is 1. The predicted molar refractivity (Wildman–Crippen MR) is 114 cm³/mol. The lowest BCUT2D eigenvalue weighted by molar-refractivity contribution is -0.941. The minimum atomic E-state index is -4.92. The fourth-order valence-corrected chi connectivity index (χ4v) is 4.51. The van der Waals surface area contributed by atoms with Gasteiger partial charge in [-0.25, -0.2) is 0 Å². The van der Waals surface area contributed by atoms with Gasteiger partial charge in [-0.2, -0.15) is 13.2 Å². The second kappa shape index (κ2) is 8.50. The van der Waals surface area contributed by atoms with Gasteiger partial charge in [-0.05, 0) is 44.4 Å². The third kappa shape index (κ3) is 3.95. The van der Waals surface area contributed by atoms with Gasteiger partial charge in [0.25, 0.3) is 0 Å². The summed E-state index contributed by atoms with van der Waals surface area (Å²) in [5.41, 5.74) is -1.40. The first-order valence-electron chi connectivity index (χ1n) is 10.6. The highest BCUT2D eigenvalue weighted by Crippen LogP contribution is 2.41. The van der Waals surface area contributed by atoms with Crippen molar-refractivity contribution in [1.82, 2.24) is 0 Å². The molecule has 0 aliphatic carbocycles. The smallest absolute Gasteiger partial charge is 0.450 e. The second-order valence-electron chi connectivity index (χ2n) is 8.26. The van der Waals surface area contributed by atoms with Crippen LogP contribution in [0.15, 0.2) is 45.6 Å². The van der Waals surface area contributed by atoms with Crippen LogP contribution in [-0.2, 0) is 12.7 Å². The predicted octanol–water partition coefficient (Wildman–Crippen LogP) is 4.15. The molecule has 4 rings (SSSR count). The number of likely N-dealkylation sites (tertiary alicyclic amines) is 1. The van der Waals surface area contributed by atoms with Gasteiger partial charge in [0.05, 0.1) is 36.2 Å². The average molecular weight is 448 g/mol. The molecule has 2 aromatic carbocycles. The zero-order valence-electron chi connectivity index (χ0n) is 17.9. The molecule has 0 saturated carbocycles. The van der Waals surface area contributed by atoms with Crippen LogP contribution in [0.4, 0.5) is 13.2 Å². The van der Waals surface area contributed by atoms with Crippen molar-refractivity contribution in [3.05, 3.63) is 57.9 Å². The number of rotatable bonds is 4. The van der Waals surface area contributed by atoms with E-state index in [9.17, 15) is 23.1 Å². The van der Waals surface area contributed by atoms with E-state index in [-0.39, 0.29) is 40.1 Å². The van der Waals surface area contributed by atoms with Crippen LogP contribution in [0.1, 0.15) is 37.5 Å². The highest BCUT2D eigenvalue weighted by molar-refractivity contribution is 5.87. The number of hydrogen-bond acceptors (Lipinski definition) is 4. The van der Waals surface area contributed by atoms with Crippen LogP contribution < -0.4 is 15.1 Å². The van der Waals surface area contributed by atoms with Crippen molar-refractivity contribution in [2.75, 3.05) is 13.7 Å². The summed E-state index contributed by atoms with van der Waals surface area (Å²) in [6.07, 6.45) is -1.82. The zero-order valence-corrected chi connectivity index (χ0v) is 17.9. The number of alkyl halides is 3. The average Bonchev–Trinajstić information content (AvgIpc) is 2.76. The van der Waals surface area contributed by atoms with Crippen molar-refractivity contribution < 1.29 is 32.3 Å². The Labute approximate surface area is 183 Å². The van der Waals surface area contributed by atoms with Crippen molar-refractivity contribution in [3.63, 3.8) is 0 Å². The minimum Gasteiger partial charge on any atom is -0.507 e. The number of quaternary nitrogens is 1. The van der Waals surface area contributed by atoms with Crippen LogP contribution in [0.3, 0.4) is 0 Å². The number of phenols is 1. The molecule has 0 amide bonds. The van der Waals surface area contributed by atoms with Gasteiger partial charge in [0.15, 0.2) is 5.58 Å². The number of nitrogens with one attached hydrogen (secondary N) is 1. The first-order chi connectivity index (χ1) is 15.2. The SMILES string of the molecule is COc1ccccc1-c1c(C(F)(F)F)oc2c(C[NH+]3CCCC[C@H]3C)c(O)ccc2c1=O. The lowest BCUT2D eigenvalue weighted by atomic mass is 9.98. The number of piperidine rings is 1. The number of benzene rings is 2. The molecule has 8 heteroatoms. The number of aromatic hydroxyl groups is 1. The van der Waals surface area contributed by atoms with Crippen LogP contribution in [0.2, 0.25) is 0 Å². The summed E-state index contributed by atoms with van der Waals surface area (Å²) < 4.78 is 52.9. The Morgan fingerprint density at radius 1 is 1.19 bits per heavy atom. The Kier molecular flexibility index (Phi) is 5.90. The van der Waals surface area contributed by atoms with E-state index in [2.05, 4.69) is 6.92 Å². The van der Waals surface area contributed by atoms with E-state index in [0.717, 1.165) is 30.7 Å². The second-order valence-corrected chi connectivity index (χ2v) is 8.26. The standard InChI is InChI=1S/C24H24F3NO4/c1-14-7-5-6-12-28(14)13-17-18(29)11-10-16-21(30)20(15-8-3-4-9-19(15)31-2)23(24(25,26)27)32-22(16)17/h3-4,8-11,14,29H,5-7,12-13H2,1-2H3/p+1/t14-/m1/s1. The maximum absolute atomic E-state index is 14.1. The van der Waals surface area contributed by atoms with Gasteiger partial charge in [0, 0.05) is 5.56 Å². The third-order valence-electron chi connectivity index (χ3n) is 6.26. The maximum atomic E-state index is 14.1. The summed E-state index contributed by atoms with van der Waals surface area (Å²) >= 11 is 0. The van der Waals surface area contributed by atoms with Gasteiger partial charge in [0.2, 0.25) is 11.2 Å². The molecule has 1 saturated heterocycles. The number of methoxy groups -OCH3 is 1. The Hall–Kier alpha value is -3.00. The molecule has 1 aliphatic heterocycles. The largest absolute Gasteiger partial charge is 0.507 e. The van der Waals surface area contributed by atoms with Crippen LogP contribution in [-0.4, -0.2) is 24.8 Å². The number of hydrogen-bond donors (Lipinski definition) is 2. The molecule has 0 radical (unpaired) electrons. The van der Waals surface area contributed by atoms with Gasteiger partial charge in [-0.1, -0.05) is 18.2 Å². The first-order valence-corrected chi connectivity index (χ1v) is 10.6. The zero-order chi connectivity index (χ0) is 23.0. The Bertz CT molecular complexity index is 1200. The molecule has 3 aromatic rings. The summed E-state index contributed by atoms with van der Waals surface area (Å²) in [5, 5.41) is 10.5. The summed E-state index contributed by atoms with van der Waals surface area (Å²) in [6.45, 7) is 3.19. The van der Waals surface area contributed by atoms with Crippen molar-refractivity contribution in [3.8, 4) is 22.6 Å². The Morgan fingerprint density at radius 3 is 2.62 bits per heavy atom. The quantitative estimate of drug-likeness (QED) is 0.630. The topological polar surface area (TPSA) is 64.1 Å². The number of fused-ring (bicyclic) bond motifs is 1. The monoisotopic (exact) mass is 448 g/mol. The van der Waals surface area contributed by atoms with Crippen molar-refractivity contribution in [2.45, 2.75) is 44.9 Å². The molecular weight excluding hydrogens is 423 g/mol. The highest BCUT2D eigenvalue weighted by atomic mass is 19.4. The summed E-state index contributed by atoms with van der Waals surface area (Å²) in [6, 6.07) is 8.98. The van der Waals surface area contributed by atoms with E-state index in [0.29, 0.717) is 6.04 Å². The van der Waals surface area contributed by atoms with Gasteiger partial charge in [-0.15, -0.1) is 0 Å². The molecule has 1 aliphatic rings. The number of halogens is 3. The number of para-hydroxylation sites is 1. The molecule has 0 bridgehead atoms. The van der Waals surface area contributed by atoms with Crippen LogP contribution in [0, 0.1) is 0 Å². The molecule has 2 atom stereocenters. The Balaban J connectivity index is 1.99. The lowest BCUT2D eigenvalue weighted by Crippen LogP contribution is -3.14. The van der Waals surface area contributed by atoms with Crippen LogP contribution in [0.25, 0.3) is 22.1 Å². The van der Waals surface area contributed by atoms with Gasteiger partial charge in [-0.3, -0.25) is 4.79 Å². The summed E-state index contributed by atoms with van der Waals surface area (Å²) in [7, 11) is 1.33. The van der Waals surface area contributed by atoms with Crippen LogP contribution >= 0.6 is 0 Å². The molecule has 1 fully saturated rings. The van der Waals surface area contributed by atoms with Gasteiger partial charge >= 0.3 is 6.18 Å². The van der Waals surface area contributed by atoms with Crippen LogP contribution in [0.5, 0.6) is 11.5 Å². The molecule has 0 spiro atoms. The van der Waals surface area contributed by atoms with E-state index in [1.54, 1.807) is 6.07 Å². The fraction of sp³-hybridized carbons (Fsp3) is 0.375. The summed E-state index contributed by atoms with van der Waals surface area (Å²) in [4.78, 5) is 14.5. The van der Waals surface area contributed by atoms with Crippen molar-refractivity contribution >= 4 is 11.0 Å². The lowest BCUT2D eigenvalue weighted by Gasteiger charge is -2.30. The highest BCUT2D eigenvalue weighted by Gasteiger charge is 2.40. The number of phenolic OH excluding ortho intramolecular Hbond substituents is 1. The van der Waals surface area contributed by atoms with Gasteiger partial charge in [0.1, 0.15) is 18.0 Å². The van der Waals surface area contributed by atoms with E-state index in [1.807, 2.05) is 0 Å². The van der Waals surface area contributed by atoms with Crippen molar-refractivity contribution in [1.29, 1.82) is 0 Å². The molecule has 170 valence electrons. The molecule has 1 aromatic heterocycles.